The highest BCUT2D eigenvalue weighted by molar-refractivity contribution is 6.22. The molecule has 0 radical (unpaired) electrons. The number of alkyl halides is 6. The van der Waals surface area contributed by atoms with Gasteiger partial charge in [0.1, 0.15) is 11.3 Å². The molecule has 4 heterocycles. The molecule has 4 nitrogen and oxygen atoms in total. The van der Waals surface area contributed by atoms with E-state index in [1.54, 1.807) is 0 Å². The molecule has 0 aliphatic rings. The molecule has 8 rings (SSSR count). The summed E-state index contributed by atoms with van der Waals surface area (Å²) in [6.07, 6.45) is -9.12. The van der Waals surface area contributed by atoms with Crippen molar-refractivity contribution in [1.29, 1.82) is 0 Å². The van der Waals surface area contributed by atoms with E-state index in [4.69, 9.17) is 9.97 Å². The fraction of sp³-hybridized carbons (Fsp3) is 0.250. The summed E-state index contributed by atoms with van der Waals surface area (Å²) in [6, 6.07) is 23.0. The summed E-state index contributed by atoms with van der Waals surface area (Å²) in [5.41, 5.74) is 5.28. The maximum Gasteiger partial charge on any atom is 0.416 e. The molecule has 0 N–H and O–H groups in total. The average Bonchev–Trinajstić information content (AvgIpc) is 3.75. The highest BCUT2D eigenvalue weighted by atomic mass is 19.4. The largest absolute Gasteiger partial charge is 0.416 e. The molecule has 0 aliphatic heterocycles. The van der Waals surface area contributed by atoms with Gasteiger partial charge in [-0.25, -0.2) is 9.97 Å². The van der Waals surface area contributed by atoms with E-state index in [0.29, 0.717) is 44.5 Å². The van der Waals surface area contributed by atoms with Crippen LogP contribution in [0.15, 0.2) is 84.9 Å². The third-order valence-corrected chi connectivity index (χ3v) is 9.63. The molecule has 4 aromatic carbocycles. The number of imidazole rings is 2. The summed E-state index contributed by atoms with van der Waals surface area (Å²) in [6.45, 7) is 12.6. The highest BCUT2D eigenvalue weighted by Gasteiger charge is 2.34. The quantitative estimate of drug-likeness (QED) is 0.170. The molecule has 254 valence electrons. The van der Waals surface area contributed by atoms with Gasteiger partial charge in [-0.2, -0.15) is 26.3 Å². The Bertz CT molecular complexity index is 2420. The number of nitrogens with zero attached hydrogens (tertiary/aromatic N) is 4. The topological polar surface area (TPSA) is 34.6 Å². The first-order chi connectivity index (χ1) is 23.3. The first-order valence-corrected chi connectivity index (χ1v) is 16.2. The molecular formula is C40H32F6N4. The molecule has 0 saturated carbocycles. The predicted molar refractivity (Wildman–Crippen MR) is 186 cm³/mol. The molecule has 0 bridgehead atoms. The Morgan fingerprint density at radius 3 is 1.06 bits per heavy atom. The summed E-state index contributed by atoms with van der Waals surface area (Å²) >= 11 is 0. The van der Waals surface area contributed by atoms with E-state index in [2.05, 4.69) is 41.5 Å². The summed E-state index contributed by atoms with van der Waals surface area (Å²) in [5.74, 6) is 0. The summed E-state index contributed by atoms with van der Waals surface area (Å²) < 4.78 is 86.9. The number of benzene rings is 4. The van der Waals surface area contributed by atoms with Crippen molar-refractivity contribution in [1.82, 2.24) is 18.8 Å². The molecule has 8 aromatic rings. The van der Waals surface area contributed by atoms with Gasteiger partial charge >= 0.3 is 12.4 Å². The second-order valence-electron chi connectivity index (χ2n) is 15.0. The van der Waals surface area contributed by atoms with Crippen LogP contribution >= 0.6 is 0 Å². The van der Waals surface area contributed by atoms with Crippen molar-refractivity contribution in [3.63, 3.8) is 0 Å². The Kier molecular flexibility index (Phi) is 6.56. The number of halogens is 6. The van der Waals surface area contributed by atoms with Gasteiger partial charge < -0.3 is 0 Å². The van der Waals surface area contributed by atoms with Crippen molar-refractivity contribution >= 4 is 44.1 Å². The molecule has 0 spiro atoms. The van der Waals surface area contributed by atoms with Crippen LogP contribution in [0.25, 0.3) is 66.6 Å². The standard InChI is InChI=1S/C40H32F6N4/c1-37(2,3)23-11-7-21(8-12-23)33-31-32(36-48-27-19-25(39(41,42)43)15-17-29(27)49(33)36)34(22-9-13-24(14-10-22)38(4,5)6)50-30-18-16-26(40(44,45)46)20-28(30)47-35(31)50/h7-20H,1-6H3. The van der Waals surface area contributed by atoms with Crippen LogP contribution in [-0.2, 0) is 23.2 Å². The van der Waals surface area contributed by atoms with Crippen molar-refractivity contribution in [2.24, 2.45) is 0 Å². The minimum atomic E-state index is -4.56. The van der Waals surface area contributed by atoms with Gasteiger partial charge in [0.15, 0.2) is 0 Å². The minimum Gasteiger partial charge on any atom is -0.291 e. The number of rotatable bonds is 2. The second-order valence-corrected chi connectivity index (χ2v) is 15.0. The van der Waals surface area contributed by atoms with Crippen molar-refractivity contribution in [2.75, 3.05) is 0 Å². The lowest BCUT2D eigenvalue weighted by Gasteiger charge is -2.19. The molecular weight excluding hydrogens is 650 g/mol. The van der Waals surface area contributed by atoms with E-state index < -0.39 is 23.5 Å². The summed E-state index contributed by atoms with van der Waals surface area (Å²) in [5, 5.41) is 1.30. The lowest BCUT2D eigenvalue weighted by molar-refractivity contribution is -0.138. The monoisotopic (exact) mass is 682 g/mol. The van der Waals surface area contributed by atoms with E-state index in [-0.39, 0.29) is 21.9 Å². The second kappa shape index (κ2) is 10.2. The minimum absolute atomic E-state index is 0.137. The number of hydrogen-bond donors (Lipinski definition) is 0. The van der Waals surface area contributed by atoms with Crippen LogP contribution in [0.1, 0.15) is 63.8 Å². The van der Waals surface area contributed by atoms with Gasteiger partial charge in [-0.05, 0) is 69.5 Å². The smallest absolute Gasteiger partial charge is 0.291 e. The Balaban J connectivity index is 1.56. The van der Waals surface area contributed by atoms with Gasteiger partial charge in [0.25, 0.3) is 0 Å². The Morgan fingerprint density at radius 2 is 0.760 bits per heavy atom. The van der Waals surface area contributed by atoms with Crippen LogP contribution in [0.5, 0.6) is 0 Å². The van der Waals surface area contributed by atoms with Gasteiger partial charge in [-0.1, -0.05) is 90.1 Å². The molecule has 50 heavy (non-hydrogen) atoms. The maximum absolute atomic E-state index is 13.9. The van der Waals surface area contributed by atoms with Crippen LogP contribution in [0.3, 0.4) is 0 Å². The van der Waals surface area contributed by atoms with Crippen molar-refractivity contribution < 1.29 is 26.3 Å². The van der Waals surface area contributed by atoms with Gasteiger partial charge in [0.2, 0.25) is 0 Å². The number of fused-ring (bicyclic) bond motifs is 9. The van der Waals surface area contributed by atoms with Gasteiger partial charge in [-0.3, -0.25) is 8.80 Å². The molecule has 10 heteroatoms. The van der Waals surface area contributed by atoms with Crippen LogP contribution in [0, 0.1) is 0 Å². The molecule has 0 atom stereocenters. The fourth-order valence-corrected chi connectivity index (χ4v) is 7.00. The van der Waals surface area contributed by atoms with Crippen molar-refractivity contribution in [2.45, 2.75) is 64.7 Å². The number of hydrogen-bond acceptors (Lipinski definition) is 2. The lowest BCUT2D eigenvalue weighted by atomic mass is 9.86. The Labute approximate surface area is 283 Å². The molecule has 0 amide bonds. The van der Waals surface area contributed by atoms with Gasteiger partial charge in [0, 0.05) is 0 Å². The molecule has 4 aromatic heterocycles. The zero-order valence-electron chi connectivity index (χ0n) is 28.1. The lowest BCUT2D eigenvalue weighted by Crippen LogP contribution is -2.10. The maximum atomic E-state index is 13.9. The summed E-state index contributed by atoms with van der Waals surface area (Å²) in [7, 11) is 0. The van der Waals surface area contributed by atoms with Gasteiger partial charge in [-0.15, -0.1) is 0 Å². The fourth-order valence-electron chi connectivity index (χ4n) is 7.00. The molecule has 0 aliphatic carbocycles. The van der Waals surface area contributed by atoms with E-state index in [0.717, 1.165) is 46.5 Å². The van der Waals surface area contributed by atoms with Crippen molar-refractivity contribution in [3.8, 4) is 22.5 Å². The normalized spacial score (nSPS) is 13.6. The van der Waals surface area contributed by atoms with Crippen LogP contribution in [0.4, 0.5) is 26.3 Å². The zero-order chi connectivity index (χ0) is 35.7. The highest BCUT2D eigenvalue weighted by Crippen LogP contribution is 2.47. The third-order valence-electron chi connectivity index (χ3n) is 9.63. The average molecular weight is 683 g/mol. The zero-order valence-corrected chi connectivity index (χ0v) is 28.1. The van der Waals surface area contributed by atoms with E-state index in [1.807, 2.05) is 57.3 Å². The molecule has 0 fully saturated rings. The van der Waals surface area contributed by atoms with E-state index in [1.165, 1.54) is 12.1 Å². The van der Waals surface area contributed by atoms with Crippen LogP contribution < -0.4 is 0 Å². The Morgan fingerprint density at radius 1 is 0.440 bits per heavy atom. The van der Waals surface area contributed by atoms with Crippen LogP contribution in [0.2, 0.25) is 0 Å². The first kappa shape index (κ1) is 32.1. The van der Waals surface area contributed by atoms with Crippen LogP contribution in [-0.4, -0.2) is 18.8 Å². The van der Waals surface area contributed by atoms with E-state index in [9.17, 15) is 26.3 Å². The van der Waals surface area contributed by atoms with Gasteiger partial charge in [0.05, 0.1) is 55.4 Å². The first-order valence-electron chi connectivity index (χ1n) is 16.2. The molecule has 0 saturated heterocycles. The third kappa shape index (κ3) is 4.82. The SMILES string of the molecule is CC(C)(C)c1ccc(-c2c3c(c(-c4ccc(C(C)(C)C)cc4)n4c5ccc(C(F)(F)F)cc5nc34)c3nc4cc(C(F)(F)F)ccc4n23)cc1. The number of aromatic nitrogens is 4. The van der Waals surface area contributed by atoms with E-state index >= 15 is 0 Å². The molecule has 0 unspecified atom stereocenters. The summed E-state index contributed by atoms with van der Waals surface area (Å²) in [4.78, 5) is 9.68. The Hall–Kier alpha value is -5.12. The van der Waals surface area contributed by atoms with Crippen molar-refractivity contribution in [3.05, 3.63) is 107 Å². The predicted octanol–water partition coefficient (Wildman–Crippen LogP) is 11.8.